The minimum absolute atomic E-state index is 0.830. The number of anilines is 1. The molecule has 0 saturated heterocycles. The Labute approximate surface area is 90.7 Å². The average molecular weight is 206 g/mol. The van der Waals surface area contributed by atoms with Gasteiger partial charge in [-0.15, -0.1) is 5.10 Å². The maximum Gasteiger partial charge on any atom is 0.148 e. The zero-order chi connectivity index (χ0) is 10.7. The summed E-state index contributed by atoms with van der Waals surface area (Å²) in [5.74, 6) is 0.866. The van der Waals surface area contributed by atoms with E-state index < -0.39 is 0 Å². The molecule has 0 spiro atoms. The maximum atomic E-state index is 4.06. The average Bonchev–Trinajstić information content (AvgIpc) is 3.04. The number of aryl methyl sites for hydroxylation is 1. The first-order chi connectivity index (χ1) is 7.25. The SMILES string of the molecule is Cc1ccc(NCCN(C)C2CC2)nn1. The number of hydrogen-bond donors (Lipinski definition) is 1. The number of nitrogens with zero attached hydrogens (tertiary/aromatic N) is 3. The predicted molar refractivity (Wildman–Crippen MR) is 60.9 cm³/mol. The van der Waals surface area contributed by atoms with Crippen molar-refractivity contribution < 1.29 is 0 Å². The Hall–Kier alpha value is -1.16. The Morgan fingerprint density at radius 3 is 2.80 bits per heavy atom. The molecule has 15 heavy (non-hydrogen) atoms. The molecular weight excluding hydrogens is 188 g/mol. The lowest BCUT2D eigenvalue weighted by Crippen LogP contribution is -2.27. The molecule has 4 nitrogen and oxygen atoms in total. The highest BCUT2D eigenvalue weighted by atomic mass is 15.2. The topological polar surface area (TPSA) is 41.0 Å². The fourth-order valence-corrected chi connectivity index (χ4v) is 1.55. The molecule has 1 aliphatic carbocycles. The van der Waals surface area contributed by atoms with E-state index in [0.717, 1.165) is 30.6 Å². The molecule has 1 aliphatic rings. The van der Waals surface area contributed by atoms with E-state index in [2.05, 4.69) is 27.5 Å². The standard InChI is InChI=1S/C11H18N4/c1-9-3-6-11(14-13-9)12-7-8-15(2)10-4-5-10/h3,6,10H,4-5,7-8H2,1-2H3,(H,12,14). The van der Waals surface area contributed by atoms with Crippen LogP contribution in [0.15, 0.2) is 12.1 Å². The third kappa shape index (κ3) is 3.16. The Bertz CT molecular complexity index is 305. The third-order valence-electron chi connectivity index (χ3n) is 2.74. The van der Waals surface area contributed by atoms with Gasteiger partial charge in [0.2, 0.25) is 0 Å². The van der Waals surface area contributed by atoms with Crippen molar-refractivity contribution in [1.82, 2.24) is 15.1 Å². The Morgan fingerprint density at radius 1 is 1.40 bits per heavy atom. The zero-order valence-electron chi connectivity index (χ0n) is 9.40. The first kappa shape index (κ1) is 10.4. The highest BCUT2D eigenvalue weighted by Gasteiger charge is 2.25. The van der Waals surface area contributed by atoms with Crippen molar-refractivity contribution in [3.05, 3.63) is 17.8 Å². The van der Waals surface area contributed by atoms with E-state index in [1.54, 1.807) is 0 Å². The van der Waals surface area contributed by atoms with Gasteiger partial charge >= 0.3 is 0 Å². The summed E-state index contributed by atoms with van der Waals surface area (Å²) in [5, 5.41) is 11.3. The second kappa shape index (κ2) is 4.57. The second-order valence-electron chi connectivity index (χ2n) is 4.20. The van der Waals surface area contributed by atoms with Crippen LogP contribution in [0.25, 0.3) is 0 Å². The molecule has 0 atom stereocenters. The molecule has 1 aromatic rings. The number of nitrogens with one attached hydrogen (secondary N) is 1. The van der Waals surface area contributed by atoms with Crippen LogP contribution in [0, 0.1) is 6.92 Å². The van der Waals surface area contributed by atoms with E-state index in [1.807, 2.05) is 19.1 Å². The first-order valence-electron chi connectivity index (χ1n) is 5.50. The van der Waals surface area contributed by atoms with Gasteiger partial charge < -0.3 is 10.2 Å². The Kier molecular flexibility index (Phi) is 3.16. The maximum absolute atomic E-state index is 4.06. The van der Waals surface area contributed by atoms with Crippen LogP contribution in [0.2, 0.25) is 0 Å². The molecule has 0 aliphatic heterocycles. The summed E-state index contributed by atoms with van der Waals surface area (Å²) >= 11 is 0. The molecular formula is C11H18N4. The van der Waals surface area contributed by atoms with Gasteiger partial charge in [-0.25, -0.2) is 0 Å². The van der Waals surface area contributed by atoms with E-state index in [9.17, 15) is 0 Å². The van der Waals surface area contributed by atoms with E-state index >= 15 is 0 Å². The van der Waals surface area contributed by atoms with Gasteiger partial charge in [0.1, 0.15) is 5.82 Å². The largest absolute Gasteiger partial charge is 0.367 e. The zero-order valence-corrected chi connectivity index (χ0v) is 9.40. The van der Waals surface area contributed by atoms with Crippen molar-refractivity contribution >= 4 is 5.82 Å². The lowest BCUT2D eigenvalue weighted by Gasteiger charge is -2.15. The predicted octanol–water partition coefficient (Wildman–Crippen LogP) is 1.29. The van der Waals surface area contributed by atoms with Crippen LogP contribution in [-0.4, -0.2) is 41.3 Å². The quantitative estimate of drug-likeness (QED) is 0.788. The van der Waals surface area contributed by atoms with Gasteiger partial charge in [-0.05, 0) is 38.9 Å². The summed E-state index contributed by atoms with van der Waals surface area (Å²) in [6.45, 7) is 3.95. The van der Waals surface area contributed by atoms with Gasteiger partial charge in [0, 0.05) is 19.1 Å². The van der Waals surface area contributed by atoms with Crippen LogP contribution in [0.4, 0.5) is 5.82 Å². The molecule has 0 radical (unpaired) electrons. The molecule has 1 heterocycles. The minimum atomic E-state index is 0.830. The van der Waals surface area contributed by atoms with Crippen molar-refractivity contribution in [2.24, 2.45) is 0 Å². The minimum Gasteiger partial charge on any atom is -0.367 e. The smallest absolute Gasteiger partial charge is 0.148 e. The number of rotatable bonds is 5. The van der Waals surface area contributed by atoms with E-state index in [-0.39, 0.29) is 0 Å². The fourth-order valence-electron chi connectivity index (χ4n) is 1.55. The number of hydrogen-bond acceptors (Lipinski definition) is 4. The highest BCUT2D eigenvalue weighted by Crippen LogP contribution is 2.24. The molecule has 0 aromatic carbocycles. The number of aromatic nitrogens is 2. The molecule has 1 saturated carbocycles. The fraction of sp³-hybridized carbons (Fsp3) is 0.636. The summed E-state index contributed by atoms with van der Waals surface area (Å²) in [4.78, 5) is 2.40. The summed E-state index contributed by atoms with van der Waals surface area (Å²) in [7, 11) is 2.18. The molecule has 1 fully saturated rings. The molecule has 4 heteroatoms. The molecule has 1 aromatic heterocycles. The molecule has 0 amide bonds. The van der Waals surface area contributed by atoms with Crippen molar-refractivity contribution in [2.45, 2.75) is 25.8 Å². The summed E-state index contributed by atoms with van der Waals surface area (Å²) in [5.41, 5.74) is 0.954. The summed E-state index contributed by atoms with van der Waals surface area (Å²) in [6, 6.07) is 4.77. The summed E-state index contributed by atoms with van der Waals surface area (Å²) < 4.78 is 0. The lowest BCUT2D eigenvalue weighted by atomic mass is 10.4. The van der Waals surface area contributed by atoms with Crippen LogP contribution in [-0.2, 0) is 0 Å². The lowest BCUT2D eigenvalue weighted by molar-refractivity contribution is 0.337. The first-order valence-corrected chi connectivity index (χ1v) is 5.50. The third-order valence-corrected chi connectivity index (χ3v) is 2.74. The van der Waals surface area contributed by atoms with Gasteiger partial charge in [0.05, 0.1) is 5.69 Å². The van der Waals surface area contributed by atoms with Crippen molar-refractivity contribution in [3.63, 3.8) is 0 Å². The summed E-state index contributed by atoms with van der Waals surface area (Å²) in [6.07, 6.45) is 2.72. The van der Waals surface area contributed by atoms with Gasteiger partial charge in [0.25, 0.3) is 0 Å². The molecule has 82 valence electrons. The van der Waals surface area contributed by atoms with E-state index in [0.29, 0.717) is 0 Å². The van der Waals surface area contributed by atoms with Gasteiger partial charge in [-0.3, -0.25) is 0 Å². The molecule has 2 rings (SSSR count). The van der Waals surface area contributed by atoms with Crippen molar-refractivity contribution in [3.8, 4) is 0 Å². The van der Waals surface area contributed by atoms with E-state index in [4.69, 9.17) is 0 Å². The molecule has 0 bridgehead atoms. The van der Waals surface area contributed by atoms with Gasteiger partial charge in [-0.2, -0.15) is 5.10 Å². The van der Waals surface area contributed by atoms with Crippen molar-refractivity contribution in [2.75, 3.05) is 25.5 Å². The van der Waals surface area contributed by atoms with Gasteiger partial charge in [-0.1, -0.05) is 0 Å². The van der Waals surface area contributed by atoms with Crippen LogP contribution >= 0.6 is 0 Å². The highest BCUT2D eigenvalue weighted by molar-refractivity contribution is 5.32. The number of likely N-dealkylation sites (N-methyl/N-ethyl adjacent to an activating group) is 1. The Morgan fingerprint density at radius 2 is 2.20 bits per heavy atom. The molecule has 1 N–H and O–H groups in total. The molecule has 0 unspecified atom stereocenters. The second-order valence-corrected chi connectivity index (χ2v) is 4.20. The van der Waals surface area contributed by atoms with Gasteiger partial charge in [0.15, 0.2) is 0 Å². The van der Waals surface area contributed by atoms with Crippen LogP contribution in [0.5, 0.6) is 0 Å². The van der Waals surface area contributed by atoms with Crippen LogP contribution in [0.1, 0.15) is 18.5 Å². The van der Waals surface area contributed by atoms with Crippen molar-refractivity contribution in [1.29, 1.82) is 0 Å². The Balaban J connectivity index is 1.70. The normalized spacial score (nSPS) is 15.7. The monoisotopic (exact) mass is 206 g/mol. The van der Waals surface area contributed by atoms with Crippen LogP contribution < -0.4 is 5.32 Å². The van der Waals surface area contributed by atoms with E-state index in [1.165, 1.54) is 12.8 Å². The van der Waals surface area contributed by atoms with Crippen LogP contribution in [0.3, 0.4) is 0 Å².